The van der Waals surface area contributed by atoms with E-state index in [2.05, 4.69) is 19.8 Å². The van der Waals surface area contributed by atoms with E-state index in [-0.39, 0.29) is 0 Å². The fourth-order valence-corrected chi connectivity index (χ4v) is 2.73. The highest BCUT2D eigenvalue weighted by atomic mass is 35.5. The number of hydrogen-bond donors (Lipinski definition) is 0. The van der Waals surface area contributed by atoms with Gasteiger partial charge in [-0.25, -0.2) is 9.97 Å². The van der Waals surface area contributed by atoms with Gasteiger partial charge in [0.25, 0.3) is 0 Å². The zero-order chi connectivity index (χ0) is 14.8. The fourth-order valence-electron chi connectivity index (χ4n) is 2.43. The minimum atomic E-state index is 0.590. The number of anilines is 2. The first-order valence-corrected chi connectivity index (χ1v) is 7.64. The predicted molar refractivity (Wildman–Crippen MR) is 87.7 cm³/mol. The molecular weight excluding hydrogens is 307 g/mol. The van der Waals surface area contributed by atoms with Gasteiger partial charge in [-0.3, -0.25) is 0 Å². The highest BCUT2D eigenvalue weighted by molar-refractivity contribution is 6.42. The smallest absolute Gasteiger partial charge is 0.225 e. The Bertz CT molecular complexity index is 639. The Kier molecular flexibility index (Phi) is 4.17. The summed E-state index contributed by atoms with van der Waals surface area (Å²) in [4.78, 5) is 13.3. The zero-order valence-electron chi connectivity index (χ0n) is 11.8. The molecule has 3 rings (SSSR count). The summed E-state index contributed by atoms with van der Waals surface area (Å²) in [6.07, 6.45) is 1.81. The van der Waals surface area contributed by atoms with Crippen LogP contribution in [0, 0.1) is 6.92 Å². The average Bonchev–Trinajstić information content (AvgIpc) is 2.50. The third kappa shape index (κ3) is 3.22. The van der Waals surface area contributed by atoms with Gasteiger partial charge in [-0.1, -0.05) is 23.2 Å². The predicted octanol–water partition coefficient (Wildman–Crippen LogP) is 3.42. The van der Waals surface area contributed by atoms with Crippen LogP contribution in [0.15, 0.2) is 30.5 Å². The molecule has 0 radical (unpaired) electrons. The Hall–Kier alpha value is -1.52. The van der Waals surface area contributed by atoms with Gasteiger partial charge in [0.05, 0.1) is 10.0 Å². The maximum Gasteiger partial charge on any atom is 0.225 e. The molecule has 0 aliphatic carbocycles. The molecule has 1 saturated heterocycles. The first-order chi connectivity index (χ1) is 10.1. The van der Waals surface area contributed by atoms with Crippen molar-refractivity contribution in [1.82, 2.24) is 9.97 Å². The van der Waals surface area contributed by atoms with Crippen LogP contribution in [0.1, 0.15) is 5.69 Å². The maximum absolute atomic E-state index is 6.09. The van der Waals surface area contributed by atoms with Gasteiger partial charge in [-0.15, -0.1) is 0 Å². The molecule has 0 N–H and O–H groups in total. The van der Waals surface area contributed by atoms with Crippen molar-refractivity contribution < 1.29 is 0 Å². The molecule has 0 amide bonds. The minimum absolute atomic E-state index is 0.590. The summed E-state index contributed by atoms with van der Waals surface area (Å²) < 4.78 is 0. The lowest BCUT2D eigenvalue weighted by Gasteiger charge is -2.36. The van der Waals surface area contributed by atoms with Crippen LogP contribution in [0.2, 0.25) is 10.0 Å². The van der Waals surface area contributed by atoms with E-state index in [1.165, 1.54) is 0 Å². The first kappa shape index (κ1) is 14.4. The second kappa shape index (κ2) is 6.08. The molecule has 0 saturated carbocycles. The van der Waals surface area contributed by atoms with Crippen molar-refractivity contribution in [2.24, 2.45) is 0 Å². The van der Waals surface area contributed by atoms with E-state index in [4.69, 9.17) is 23.2 Å². The lowest BCUT2D eigenvalue weighted by Crippen LogP contribution is -2.47. The highest BCUT2D eigenvalue weighted by Gasteiger charge is 2.19. The Morgan fingerprint density at radius 1 is 0.952 bits per heavy atom. The number of piperazine rings is 1. The molecule has 1 aromatic carbocycles. The first-order valence-electron chi connectivity index (χ1n) is 6.88. The average molecular weight is 323 g/mol. The lowest BCUT2D eigenvalue weighted by atomic mass is 10.2. The van der Waals surface area contributed by atoms with Crippen LogP contribution in [-0.2, 0) is 0 Å². The van der Waals surface area contributed by atoms with Crippen LogP contribution in [0.4, 0.5) is 11.6 Å². The normalized spacial score (nSPS) is 15.4. The lowest BCUT2D eigenvalue weighted by molar-refractivity contribution is 0.639. The van der Waals surface area contributed by atoms with Gasteiger partial charge in [0.2, 0.25) is 5.95 Å². The SMILES string of the molecule is Cc1ccnc(N2CCN(c3ccc(Cl)c(Cl)c3)CC2)n1. The number of benzene rings is 1. The molecule has 1 aliphatic rings. The summed E-state index contributed by atoms with van der Waals surface area (Å²) in [7, 11) is 0. The fraction of sp³-hybridized carbons (Fsp3) is 0.333. The maximum atomic E-state index is 6.09. The molecule has 2 aromatic rings. The van der Waals surface area contributed by atoms with E-state index >= 15 is 0 Å². The van der Waals surface area contributed by atoms with Gasteiger partial charge in [-0.2, -0.15) is 0 Å². The summed E-state index contributed by atoms with van der Waals surface area (Å²) >= 11 is 12.0. The van der Waals surface area contributed by atoms with E-state index in [1.54, 1.807) is 0 Å². The van der Waals surface area contributed by atoms with E-state index in [9.17, 15) is 0 Å². The quantitative estimate of drug-likeness (QED) is 0.848. The molecule has 0 unspecified atom stereocenters. The van der Waals surface area contributed by atoms with Gasteiger partial charge in [0, 0.05) is 43.8 Å². The summed E-state index contributed by atoms with van der Waals surface area (Å²) in [5.74, 6) is 0.809. The van der Waals surface area contributed by atoms with Crippen LogP contribution in [-0.4, -0.2) is 36.1 Å². The summed E-state index contributed by atoms with van der Waals surface area (Å²) in [6, 6.07) is 7.68. The second-order valence-corrected chi connectivity index (χ2v) is 5.88. The largest absolute Gasteiger partial charge is 0.368 e. The summed E-state index contributed by atoms with van der Waals surface area (Å²) in [5, 5.41) is 1.19. The number of halogens is 2. The molecule has 4 nitrogen and oxygen atoms in total. The highest BCUT2D eigenvalue weighted by Crippen LogP contribution is 2.28. The number of nitrogens with zero attached hydrogens (tertiary/aromatic N) is 4. The van der Waals surface area contributed by atoms with Gasteiger partial charge in [0.1, 0.15) is 0 Å². The standard InChI is InChI=1S/C15H16Cl2N4/c1-11-4-5-18-15(19-11)21-8-6-20(7-9-21)12-2-3-13(16)14(17)10-12/h2-5,10H,6-9H2,1H3. The van der Waals surface area contributed by atoms with Crippen molar-refractivity contribution >= 4 is 34.8 Å². The van der Waals surface area contributed by atoms with Gasteiger partial charge in [0.15, 0.2) is 0 Å². The second-order valence-electron chi connectivity index (χ2n) is 5.07. The molecule has 0 bridgehead atoms. The topological polar surface area (TPSA) is 32.3 Å². The Labute approximate surface area is 134 Å². The molecule has 0 atom stereocenters. The molecule has 110 valence electrons. The Morgan fingerprint density at radius 3 is 2.33 bits per heavy atom. The summed E-state index contributed by atoms with van der Waals surface area (Å²) in [5.41, 5.74) is 2.10. The third-order valence-corrected chi connectivity index (χ3v) is 4.35. The molecule has 2 heterocycles. The molecule has 1 aromatic heterocycles. The molecule has 21 heavy (non-hydrogen) atoms. The number of rotatable bonds is 2. The molecule has 1 fully saturated rings. The number of hydrogen-bond acceptors (Lipinski definition) is 4. The van der Waals surface area contributed by atoms with Gasteiger partial charge >= 0.3 is 0 Å². The van der Waals surface area contributed by atoms with Gasteiger partial charge in [-0.05, 0) is 31.2 Å². The van der Waals surface area contributed by atoms with Crippen molar-refractivity contribution in [1.29, 1.82) is 0 Å². The summed E-state index contributed by atoms with van der Waals surface area (Å²) in [6.45, 7) is 5.59. The molecule has 0 spiro atoms. The number of aryl methyl sites for hydroxylation is 1. The third-order valence-electron chi connectivity index (χ3n) is 3.61. The van der Waals surface area contributed by atoms with Crippen molar-refractivity contribution in [3.8, 4) is 0 Å². The van der Waals surface area contributed by atoms with Crippen LogP contribution < -0.4 is 9.80 Å². The van der Waals surface area contributed by atoms with Crippen molar-refractivity contribution in [2.45, 2.75) is 6.92 Å². The van der Waals surface area contributed by atoms with E-state index in [1.807, 2.05) is 37.4 Å². The molecular formula is C15H16Cl2N4. The van der Waals surface area contributed by atoms with Crippen LogP contribution >= 0.6 is 23.2 Å². The van der Waals surface area contributed by atoms with E-state index in [0.717, 1.165) is 43.5 Å². The molecule has 6 heteroatoms. The zero-order valence-corrected chi connectivity index (χ0v) is 13.3. The van der Waals surface area contributed by atoms with E-state index < -0.39 is 0 Å². The van der Waals surface area contributed by atoms with Crippen molar-refractivity contribution in [3.05, 3.63) is 46.2 Å². The monoisotopic (exact) mass is 322 g/mol. The van der Waals surface area contributed by atoms with Crippen molar-refractivity contribution in [2.75, 3.05) is 36.0 Å². The molecule has 1 aliphatic heterocycles. The van der Waals surface area contributed by atoms with E-state index in [0.29, 0.717) is 10.0 Å². The minimum Gasteiger partial charge on any atom is -0.368 e. The van der Waals surface area contributed by atoms with Crippen molar-refractivity contribution in [3.63, 3.8) is 0 Å². The van der Waals surface area contributed by atoms with Crippen LogP contribution in [0.3, 0.4) is 0 Å². The van der Waals surface area contributed by atoms with Gasteiger partial charge < -0.3 is 9.80 Å². The Balaban J connectivity index is 1.68. The van der Waals surface area contributed by atoms with Crippen LogP contribution in [0.25, 0.3) is 0 Å². The number of aromatic nitrogens is 2. The Morgan fingerprint density at radius 2 is 1.67 bits per heavy atom. The van der Waals surface area contributed by atoms with Crippen LogP contribution in [0.5, 0.6) is 0 Å².